The standard InChI is InChI=1S/C17H15BrN2O2S/c1-10-4-9-13(22-3)14-15(10)23-17(20(14)2)19-16(21)11-5-7-12(18)8-6-11/h4-9H,1-3H3. The van der Waals surface area contributed by atoms with E-state index in [-0.39, 0.29) is 5.91 Å². The van der Waals surface area contributed by atoms with Crippen LogP contribution in [0.25, 0.3) is 10.2 Å². The topological polar surface area (TPSA) is 43.6 Å². The largest absolute Gasteiger partial charge is 0.495 e. The summed E-state index contributed by atoms with van der Waals surface area (Å²) in [7, 11) is 3.54. The minimum atomic E-state index is -0.253. The van der Waals surface area contributed by atoms with Gasteiger partial charge in [0.05, 0.1) is 11.8 Å². The first-order valence-corrected chi connectivity index (χ1v) is 8.60. The smallest absolute Gasteiger partial charge is 0.279 e. The number of nitrogens with zero attached hydrogens (tertiary/aromatic N) is 2. The average Bonchev–Trinajstić information content (AvgIpc) is 2.87. The van der Waals surface area contributed by atoms with Gasteiger partial charge >= 0.3 is 0 Å². The SMILES string of the molecule is COc1ccc(C)c2sc(=NC(=O)c3ccc(Br)cc3)n(C)c12. The molecule has 0 aliphatic rings. The average molecular weight is 391 g/mol. The summed E-state index contributed by atoms with van der Waals surface area (Å²) in [6.07, 6.45) is 0. The molecule has 0 radical (unpaired) electrons. The molecule has 0 aliphatic carbocycles. The van der Waals surface area contributed by atoms with Gasteiger partial charge in [-0.05, 0) is 42.8 Å². The van der Waals surface area contributed by atoms with Crippen molar-refractivity contribution < 1.29 is 9.53 Å². The van der Waals surface area contributed by atoms with Crippen LogP contribution in [0.2, 0.25) is 0 Å². The van der Waals surface area contributed by atoms with Gasteiger partial charge in [0.2, 0.25) is 0 Å². The van der Waals surface area contributed by atoms with Gasteiger partial charge in [-0.15, -0.1) is 0 Å². The van der Waals surface area contributed by atoms with Gasteiger partial charge < -0.3 is 9.30 Å². The van der Waals surface area contributed by atoms with E-state index < -0.39 is 0 Å². The number of rotatable bonds is 2. The number of benzene rings is 2. The molecule has 2 aromatic carbocycles. The second-order valence-electron chi connectivity index (χ2n) is 5.13. The van der Waals surface area contributed by atoms with Crippen molar-refractivity contribution in [1.82, 2.24) is 4.57 Å². The van der Waals surface area contributed by atoms with Gasteiger partial charge in [0.1, 0.15) is 11.3 Å². The highest BCUT2D eigenvalue weighted by Crippen LogP contribution is 2.29. The Hall–Kier alpha value is -1.92. The molecule has 3 rings (SSSR count). The van der Waals surface area contributed by atoms with Gasteiger partial charge in [-0.1, -0.05) is 33.3 Å². The maximum atomic E-state index is 12.4. The normalized spacial score (nSPS) is 11.9. The molecule has 6 heteroatoms. The third-order valence-corrected chi connectivity index (χ3v) is 5.41. The van der Waals surface area contributed by atoms with Crippen LogP contribution in [-0.2, 0) is 7.05 Å². The number of carbonyl (C=O) groups is 1. The zero-order valence-electron chi connectivity index (χ0n) is 13.0. The molecule has 0 saturated carbocycles. The maximum absolute atomic E-state index is 12.4. The van der Waals surface area contributed by atoms with Crippen molar-refractivity contribution in [3.8, 4) is 5.75 Å². The van der Waals surface area contributed by atoms with Crippen LogP contribution in [0.3, 0.4) is 0 Å². The number of thiazole rings is 1. The summed E-state index contributed by atoms with van der Waals surface area (Å²) in [4.78, 5) is 17.3. The molecular weight excluding hydrogens is 376 g/mol. The lowest BCUT2D eigenvalue weighted by molar-refractivity contribution is 0.0998. The van der Waals surface area contributed by atoms with E-state index in [9.17, 15) is 4.79 Å². The number of halogens is 1. The summed E-state index contributed by atoms with van der Waals surface area (Å²) in [6, 6.07) is 11.1. The van der Waals surface area contributed by atoms with Gasteiger partial charge in [0.25, 0.3) is 5.91 Å². The van der Waals surface area contributed by atoms with E-state index in [0.717, 1.165) is 26.0 Å². The first-order valence-electron chi connectivity index (χ1n) is 6.99. The molecule has 0 aliphatic heterocycles. The van der Waals surface area contributed by atoms with Gasteiger partial charge in [-0.25, -0.2) is 0 Å². The van der Waals surface area contributed by atoms with Crippen LogP contribution in [0.5, 0.6) is 5.75 Å². The molecule has 1 amide bonds. The van der Waals surface area contributed by atoms with Crippen LogP contribution in [0, 0.1) is 6.92 Å². The minimum Gasteiger partial charge on any atom is -0.495 e. The number of fused-ring (bicyclic) bond motifs is 1. The van der Waals surface area contributed by atoms with E-state index in [2.05, 4.69) is 20.9 Å². The van der Waals surface area contributed by atoms with E-state index in [1.165, 1.54) is 11.3 Å². The molecule has 4 nitrogen and oxygen atoms in total. The van der Waals surface area contributed by atoms with Crippen molar-refractivity contribution in [2.24, 2.45) is 12.0 Å². The molecule has 0 saturated heterocycles. The molecule has 3 aromatic rings. The highest BCUT2D eigenvalue weighted by Gasteiger charge is 2.12. The van der Waals surface area contributed by atoms with Crippen LogP contribution >= 0.6 is 27.3 Å². The summed E-state index contributed by atoms with van der Waals surface area (Å²) in [5, 5.41) is 0. The van der Waals surface area contributed by atoms with Gasteiger partial charge in [-0.2, -0.15) is 4.99 Å². The highest BCUT2D eigenvalue weighted by atomic mass is 79.9. The summed E-state index contributed by atoms with van der Waals surface area (Å²) < 4.78 is 9.35. The van der Waals surface area contributed by atoms with E-state index in [4.69, 9.17) is 4.74 Å². The first-order chi connectivity index (χ1) is 11.0. The predicted molar refractivity (Wildman–Crippen MR) is 96.1 cm³/mol. The van der Waals surface area contributed by atoms with Crippen LogP contribution in [0.15, 0.2) is 45.9 Å². The Bertz CT molecular complexity index is 955. The molecule has 23 heavy (non-hydrogen) atoms. The second kappa shape index (κ2) is 6.29. The number of aryl methyl sites for hydroxylation is 2. The Morgan fingerprint density at radius 3 is 2.57 bits per heavy atom. The monoisotopic (exact) mass is 390 g/mol. The van der Waals surface area contributed by atoms with Crippen LogP contribution in [-0.4, -0.2) is 17.6 Å². The van der Waals surface area contributed by atoms with Crippen molar-refractivity contribution in [2.75, 3.05) is 7.11 Å². The van der Waals surface area contributed by atoms with Gasteiger partial charge in [-0.3, -0.25) is 4.79 Å². The van der Waals surface area contributed by atoms with E-state index in [0.29, 0.717) is 10.4 Å². The molecule has 0 N–H and O–H groups in total. The molecule has 0 atom stereocenters. The Labute approximate surface area is 146 Å². The van der Waals surface area contributed by atoms with E-state index in [1.807, 2.05) is 42.8 Å². The van der Waals surface area contributed by atoms with Crippen molar-refractivity contribution in [3.63, 3.8) is 0 Å². The van der Waals surface area contributed by atoms with E-state index in [1.54, 1.807) is 19.2 Å². The maximum Gasteiger partial charge on any atom is 0.279 e. The Balaban J connectivity index is 2.16. The Morgan fingerprint density at radius 2 is 1.91 bits per heavy atom. The third-order valence-electron chi connectivity index (χ3n) is 3.62. The third kappa shape index (κ3) is 2.96. The zero-order valence-corrected chi connectivity index (χ0v) is 15.4. The van der Waals surface area contributed by atoms with Crippen LogP contribution < -0.4 is 9.54 Å². The van der Waals surface area contributed by atoms with Crippen molar-refractivity contribution in [2.45, 2.75) is 6.92 Å². The lowest BCUT2D eigenvalue weighted by Gasteiger charge is -2.05. The molecule has 0 bridgehead atoms. The lowest BCUT2D eigenvalue weighted by atomic mass is 10.2. The van der Waals surface area contributed by atoms with E-state index >= 15 is 0 Å². The quantitative estimate of drug-likeness (QED) is 0.661. The number of hydrogen-bond acceptors (Lipinski definition) is 3. The van der Waals surface area contributed by atoms with Gasteiger partial charge in [0.15, 0.2) is 4.80 Å². The number of methoxy groups -OCH3 is 1. The number of amides is 1. The molecule has 0 spiro atoms. The molecule has 0 fully saturated rings. The minimum absolute atomic E-state index is 0.253. The fourth-order valence-corrected chi connectivity index (χ4v) is 3.73. The number of ether oxygens (including phenoxy) is 1. The first kappa shape index (κ1) is 16.0. The predicted octanol–water partition coefficient (Wildman–Crippen LogP) is 4.06. The Kier molecular flexibility index (Phi) is 4.37. The van der Waals surface area contributed by atoms with Crippen LogP contribution in [0.4, 0.5) is 0 Å². The van der Waals surface area contributed by atoms with Crippen LogP contribution in [0.1, 0.15) is 15.9 Å². The summed E-state index contributed by atoms with van der Waals surface area (Å²) in [5.74, 6) is 0.526. The van der Waals surface area contributed by atoms with Crippen molar-refractivity contribution >= 4 is 43.4 Å². The van der Waals surface area contributed by atoms with Gasteiger partial charge in [0, 0.05) is 17.1 Å². The summed E-state index contributed by atoms with van der Waals surface area (Å²) in [5.41, 5.74) is 2.66. The molecule has 118 valence electrons. The number of aromatic nitrogens is 1. The Morgan fingerprint density at radius 1 is 1.22 bits per heavy atom. The summed E-state index contributed by atoms with van der Waals surface area (Å²) >= 11 is 4.85. The number of carbonyl (C=O) groups excluding carboxylic acids is 1. The molecular formula is C17H15BrN2O2S. The van der Waals surface area contributed by atoms with Crippen molar-refractivity contribution in [1.29, 1.82) is 0 Å². The highest BCUT2D eigenvalue weighted by molar-refractivity contribution is 9.10. The van der Waals surface area contributed by atoms with Crippen molar-refractivity contribution in [3.05, 3.63) is 56.8 Å². The molecule has 1 heterocycles. The number of hydrogen-bond donors (Lipinski definition) is 0. The second-order valence-corrected chi connectivity index (χ2v) is 7.02. The summed E-state index contributed by atoms with van der Waals surface area (Å²) in [6.45, 7) is 2.04. The molecule has 0 unspecified atom stereocenters. The lowest BCUT2D eigenvalue weighted by Crippen LogP contribution is -2.13. The fourth-order valence-electron chi connectivity index (χ4n) is 2.36. The molecule has 1 aromatic heterocycles. The zero-order chi connectivity index (χ0) is 16.6. The fraction of sp³-hybridized carbons (Fsp3) is 0.176.